The third-order valence-electron chi connectivity index (χ3n) is 5.04. The van der Waals surface area contributed by atoms with Crippen LogP contribution in [0.4, 0.5) is 10.1 Å². The molecule has 1 saturated carbocycles. The van der Waals surface area contributed by atoms with Crippen molar-refractivity contribution in [3.05, 3.63) is 29.0 Å². The van der Waals surface area contributed by atoms with Crippen molar-refractivity contribution in [1.82, 2.24) is 5.32 Å². The first kappa shape index (κ1) is 15.1. The van der Waals surface area contributed by atoms with Crippen molar-refractivity contribution in [2.24, 2.45) is 5.92 Å². The number of nitrogens with one attached hydrogen (secondary N) is 1. The van der Waals surface area contributed by atoms with Crippen molar-refractivity contribution >= 4 is 17.3 Å². The molecule has 1 aromatic carbocycles. The SMILES string of the molecule is CC1CNC(C2CCCCC2)CN1c1ccc(Cl)cc1F. The summed E-state index contributed by atoms with van der Waals surface area (Å²) in [5.41, 5.74) is 0.689. The third kappa shape index (κ3) is 3.35. The number of halogens is 2. The second-order valence-electron chi connectivity index (χ2n) is 6.51. The van der Waals surface area contributed by atoms with E-state index in [2.05, 4.69) is 17.1 Å². The Hall–Kier alpha value is -0.800. The highest BCUT2D eigenvalue weighted by atomic mass is 35.5. The highest BCUT2D eigenvalue weighted by Crippen LogP contribution is 2.31. The van der Waals surface area contributed by atoms with Crippen molar-refractivity contribution in [3.8, 4) is 0 Å². The maximum absolute atomic E-state index is 14.2. The Morgan fingerprint density at radius 2 is 2.00 bits per heavy atom. The minimum absolute atomic E-state index is 0.210. The Morgan fingerprint density at radius 1 is 1.24 bits per heavy atom. The first-order valence-electron chi connectivity index (χ1n) is 8.10. The second kappa shape index (κ2) is 6.53. The van der Waals surface area contributed by atoms with E-state index in [1.807, 2.05) is 6.07 Å². The summed E-state index contributed by atoms with van der Waals surface area (Å²) < 4.78 is 14.2. The average Bonchev–Trinajstić information content (AvgIpc) is 2.49. The van der Waals surface area contributed by atoms with Gasteiger partial charge in [-0.15, -0.1) is 0 Å². The number of hydrogen-bond donors (Lipinski definition) is 1. The van der Waals surface area contributed by atoms with Crippen LogP contribution in [-0.2, 0) is 0 Å². The van der Waals surface area contributed by atoms with Crippen LogP contribution in [0.15, 0.2) is 18.2 Å². The van der Waals surface area contributed by atoms with Gasteiger partial charge in [0.1, 0.15) is 5.82 Å². The van der Waals surface area contributed by atoms with Crippen molar-refractivity contribution < 1.29 is 4.39 Å². The van der Waals surface area contributed by atoms with Gasteiger partial charge >= 0.3 is 0 Å². The van der Waals surface area contributed by atoms with Crippen LogP contribution in [0.1, 0.15) is 39.0 Å². The summed E-state index contributed by atoms with van der Waals surface area (Å²) in [6.45, 7) is 3.96. The lowest BCUT2D eigenvalue weighted by Gasteiger charge is -2.44. The molecule has 3 rings (SSSR count). The second-order valence-corrected chi connectivity index (χ2v) is 6.95. The minimum Gasteiger partial charge on any atom is -0.364 e. The molecule has 2 fully saturated rings. The van der Waals surface area contributed by atoms with Crippen molar-refractivity contribution in [2.75, 3.05) is 18.0 Å². The fourth-order valence-corrected chi connectivity index (χ4v) is 3.95. The van der Waals surface area contributed by atoms with E-state index in [9.17, 15) is 4.39 Å². The lowest BCUT2D eigenvalue weighted by molar-refractivity contribution is 0.244. The van der Waals surface area contributed by atoms with Crippen LogP contribution in [0.3, 0.4) is 0 Å². The van der Waals surface area contributed by atoms with Crippen LogP contribution in [-0.4, -0.2) is 25.2 Å². The Bertz CT molecular complexity index is 488. The van der Waals surface area contributed by atoms with Crippen molar-refractivity contribution in [1.29, 1.82) is 0 Å². The minimum atomic E-state index is -0.210. The van der Waals surface area contributed by atoms with Gasteiger partial charge < -0.3 is 10.2 Å². The standard InChI is InChI=1S/C17H24ClFN2/c1-12-10-20-16(13-5-3-2-4-6-13)11-21(12)17-8-7-14(18)9-15(17)19/h7-9,12-13,16,20H,2-6,10-11H2,1H3. The zero-order valence-electron chi connectivity index (χ0n) is 12.6. The number of nitrogens with zero attached hydrogens (tertiary/aromatic N) is 1. The van der Waals surface area contributed by atoms with Gasteiger partial charge in [0.2, 0.25) is 0 Å². The maximum atomic E-state index is 14.2. The molecule has 2 unspecified atom stereocenters. The summed E-state index contributed by atoms with van der Waals surface area (Å²) in [5.74, 6) is 0.530. The molecule has 2 aliphatic rings. The fraction of sp³-hybridized carbons (Fsp3) is 0.647. The van der Waals surface area contributed by atoms with Crippen molar-refractivity contribution in [3.63, 3.8) is 0 Å². The van der Waals surface area contributed by atoms with Crippen LogP contribution in [0.5, 0.6) is 0 Å². The van der Waals surface area contributed by atoms with Crippen molar-refractivity contribution in [2.45, 2.75) is 51.1 Å². The Kier molecular flexibility index (Phi) is 4.70. The summed E-state index contributed by atoms with van der Waals surface area (Å²) in [6, 6.07) is 5.81. The lowest BCUT2D eigenvalue weighted by atomic mass is 9.82. The van der Waals surface area contributed by atoms with E-state index in [0.29, 0.717) is 22.8 Å². The van der Waals surface area contributed by atoms with E-state index in [1.54, 1.807) is 6.07 Å². The van der Waals surface area contributed by atoms with E-state index >= 15 is 0 Å². The maximum Gasteiger partial charge on any atom is 0.147 e. The first-order valence-corrected chi connectivity index (χ1v) is 8.48. The van der Waals surface area contributed by atoms with Gasteiger partial charge in [0.05, 0.1) is 5.69 Å². The van der Waals surface area contributed by atoms with Gasteiger partial charge in [0.15, 0.2) is 0 Å². The summed E-state index contributed by atoms with van der Waals surface area (Å²) in [5, 5.41) is 4.14. The van der Waals surface area contributed by atoms with Gasteiger partial charge in [0, 0.05) is 30.2 Å². The van der Waals surface area contributed by atoms with Crippen LogP contribution < -0.4 is 10.2 Å². The molecule has 0 spiro atoms. The molecule has 0 amide bonds. The highest BCUT2D eigenvalue weighted by Gasteiger charge is 2.32. The Morgan fingerprint density at radius 3 is 2.71 bits per heavy atom. The number of piperazine rings is 1. The fourth-order valence-electron chi connectivity index (χ4n) is 3.79. The number of hydrogen-bond acceptors (Lipinski definition) is 2. The molecule has 0 bridgehead atoms. The quantitative estimate of drug-likeness (QED) is 0.879. The highest BCUT2D eigenvalue weighted by molar-refractivity contribution is 6.30. The zero-order valence-corrected chi connectivity index (χ0v) is 13.4. The number of benzene rings is 1. The molecule has 4 heteroatoms. The summed E-state index contributed by atoms with van der Waals surface area (Å²) >= 11 is 5.87. The van der Waals surface area contributed by atoms with E-state index in [4.69, 9.17) is 11.6 Å². The first-order chi connectivity index (χ1) is 10.1. The monoisotopic (exact) mass is 310 g/mol. The van der Waals surface area contributed by atoms with E-state index in [0.717, 1.165) is 19.0 Å². The van der Waals surface area contributed by atoms with Gasteiger partial charge in [-0.3, -0.25) is 0 Å². The van der Waals surface area contributed by atoms with Gasteiger partial charge in [0.25, 0.3) is 0 Å². The van der Waals surface area contributed by atoms with Gasteiger partial charge in [-0.05, 0) is 43.9 Å². The predicted molar refractivity (Wildman–Crippen MR) is 86.6 cm³/mol. The topological polar surface area (TPSA) is 15.3 Å². The number of anilines is 1. The van der Waals surface area contributed by atoms with Crippen LogP contribution >= 0.6 is 11.6 Å². The van der Waals surface area contributed by atoms with Gasteiger partial charge in [-0.1, -0.05) is 30.9 Å². The molecule has 2 nitrogen and oxygen atoms in total. The zero-order chi connectivity index (χ0) is 14.8. The van der Waals surface area contributed by atoms with E-state index in [-0.39, 0.29) is 5.82 Å². The molecule has 1 heterocycles. The molecule has 21 heavy (non-hydrogen) atoms. The molecular weight excluding hydrogens is 287 g/mol. The predicted octanol–water partition coefficient (Wildman–Crippen LogP) is 4.23. The summed E-state index contributed by atoms with van der Waals surface area (Å²) in [7, 11) is 0. The molecule has 2 atom stereocenters. The Balaban J connectivity index is 1.76. The molecule has 1 aromatic rings. The summed E-state index contributed by atoms with van der Waals surface area (Å²) in [4.78, 5) is 2.21. The molecule has 1 saturated heterocycles. The average molecular weight is 311 g/mol. The van der Waals surface area contributed by atoms with Gasteiger partial charge in [-0.2, -0.15) is 0 Å². The van der Waals surface area contributed by atoms with Crippen LogP contribution in [0, 0.1) is 11.7 Å². The molecule has 116 valence electrons. The largest absolute Gasteiger partial charge is 0.364 e. The summed E-state index contributed by atoms with van der Waals surface area (Å²) in [6.07, 6.45) is 6.67. The normalized spacial score (nSPS) is 27.9. The van der Waals surface area contributed by atoms with Crippen LogP contribution in [0.25, 0.3) is 0 Å². The Labute approximate surface area is 131 Å². The van der Waals surface area contributed by atoms with E-state index in [1.165, 1.54) is 38.2 Å². The van der Waals surface area contributed by atoms with E-state index < -0.39 is 0 Å². The molecule has 0 aromatic heterocycles. The van der Waals surface area contributed by atoms with Crippen LogP contribution in [0.2, 0.25) is 5.02 Å². The lowest BCUT2D eigenvalue weighted by Crippen LogP contribution is -2.58. The molecular formula is C17H24ClFN2. The van der Waals surface area contributed by atoms with Gasteiger partial charge in [-0.25, -0.2) is 4.39 Å². The molecule has 0 radical (unpaired) electrons. The number of rotatable bonds is 2. The molecule has 1 N–H and O–H groups in total. The molecule has 1 aliphatic heterocycles. The molecule has 1 aliphatic carbocycles. The third-order valence-corrected chi connectivity index (χ3v) is 5.27. The smallest absolute Gasteiger partial charge is 0.147 e.